The largest absolute Gasteiger partial charge is 0.396 e. The zero-order chi connectivity index (χ0) is 11.0. The summed E-state index contributed by atoms with van der Waals surface area (Å²) in [5.41, 5.74) is 0. The van der Waals surface area contributed by atoms with Gasteiger partial charge in [0.2, 0.25) is 5.91 Å². The molecule has 2 atom stereocenters. The van der Waals surface area contributed by atoms with Gasteiger partial charge in [-0.25, -0.2) is 0 Å². The Bertz CT molecular complexity index is 162. The number of rotatable bonds is 7. The van der Waals surface area contributed by atoms with E-state index in [9.17, 15) is 4.79 Å². The van der Waals surface area contributed by atoms with Crippen molar-refractivity contribution in [1.29, 1.82) is 0 Å². The van der Waals surface area contributed by atoms with Crippen LogP contribution in [0.1, 0.15) is 27.2 Å². The fraction of sp³-hybridized carbons (Fsp3) is 0.900. The summed E-state index contributed by atoms with van der Waals surface area (Å²) in [6.45, 7) is 7.10. The molecule has 4 heteroatoms. The minimum absolute atomic E-state index is 0.0180. The van der Waals surface area contributed by atoms with Crippen LogP contribution in [0.2, 0.25) is 0 Å². The zero-order valence-corrected chi connectivity index (χ0v) is 9.34. The van der Waals surface area contributed by atoms with Crippen LogP contribution in [0.5, 0.6) is 0 Å². The molecule has 2 unspecified atom stereocenters. The van der Waals surface area contributed by atoms with Crippen LogP contribution in [0.3, 0.4) is 0 Å². The van der Waals surface area contributed by atoms with Gasteiger partial charge in [-0.1, -0.05) is 13.8 Å². The Kier molecular flexibility index (Phi) is 7.42. The number of aliphatic hydroxyl groups is 1. The van der Waals surface area contributed by atoms with Gasteiger partial charge in [0.15, 0.2) is 0 Å². The average molecular weight is 202 g/mol. The Morgan fingerprint density at radius 1 is 1.43 bits per heavy atom. The Balaban J connectivity index is 3.44. The number of nitrogens with one attached hydrogen (secondary N) is 2. The second kappa shape index (κ2) is 7.76. The lowest BCUT2D eigenvalue weighted by atomic mass is 10.2. The normalized spacial score (nSPS) is 14.9. The van der Waals surface area contributed by atoms with Crippen LogP contribution >= 0.6 is 0 Å². The molecule has 0 spiro atoms. The number of aliphatic hydroxyl groups excluding tert-OH is 1. The quantitative estimate of drug-likeness (QED) is 0.549. The van der Waals surface area contributed by atoms with Crippen molar-refractivity contribution in [2.45, 2.75) is 33.2 Å². The molecule has 0 aliphatic heterocycles. The molecule has 0 saturated carbocycles. The number of amides is 1. The maximum Gasteiger partial charge on any atom is 0.234 e. The highest BCUT2D eigenvalue weighted by Gasteiger charge is 2.05. The minimum atomic E-state index is 0.0180. The average Bonchev–Trinajstić information content (AvgIpc) is 2.17. The van der Waals surface area contributed by atoms with Crippen LogP contribution in [0.25, 0.3) is 0 Å². The second-order valence-electron chi connectivity index (χ2n) is 3.80. The number of hydrogen-bond acceptors (Lipinski definition) is 3. The fourth-order valence-corrected chi connectivity index (χ4v) is 0.925. The van der Waals surface area contributed by atoms with Crippen molar-refractivity contribution >= 4 is 5.91 Å². The maximum absolute atomic E-state index is 11.2. The molecule has 0 heterocycles. The van der Waals surface area contributed by atoms with E-state index in [-0.39, 0.29) is 24.5 Å². The number of hydrogen-bond donors (Lipinski definition) is 3. The molecule has 1 amide bonds. The molecule has 0 aliphatic carbocycles. The van der Waals surface area contributed by atoms with Gasteiger partial charge < -0.3 is 15.7 Å². The third kappa shape index (κ3) is 6.86. The van der Waals surface area contributed by atoms with Crippen LogP contribution in [0.4, 0.5) is 0 Å². The van der Waals surface area contributed by atoms with E-state index in [0.717, 1.165) is 6.42 Å². The molecule has 0 aromatic carbocycles. The van der Waals surface area contributed by atoms with Gasteiger partial charge in [-0.2, -0.15) is 0 Å². The summed E-state index contributed by atoms with van der Waals surface area (Å²) >= 11 is 0. The van der Waals surface area contributed by atoms with Crippen LogP contribution in [0, 0.1) is 5.92 Å². The van der Waals surface area contributed by atoms with Gasteiger partial charge in [0, 0.05) is 19.2 Å². The molecule has 0 aromatic rings. The van der Waals surface area contributed by atoms with Gasteiger partial charge in [-0.15, -0.1) is 0 Å². The van der Waals surface area contributed by atoms with Crippen molar-refractivity contribution in [3.63, 3.8) is 0 Å². The monoisotopic (exact) mass is 202 g/mol. The fourth-order valence-electron chi connectivity index (χ4n) is 0.925. The van der Waals surface area contributed by atoms with E-state index in [1.807, 2.05) is 20.8 Å². The van der Waals surface area contributed by atoms with E-state index >= 15 is 0 Å². The SMILES string of the molecule is CCC(C)NC(=O)CNCC(C)CO. The summed E-state index contributed by atoms with van der Waals surface area (Å²) in [5, 5.41) is 14.6. The van der Waals surface area contributed by atoms with E-state index in [1.165, 1.54) is 0 Å². The molecule has 4 nitrogen and oxygen atoms in total. The summed E-state index contributed by atoms with van der Waals surface area (Å²) in [6, 6.07) is 0.236. The van der Waals surface area contributed by atoms with Gasteiger partial charge >= 0.3 is 0 Å². The van der Waals surface area contributed by atoms with Crippen molar-refractivity contribution in [2.75, 3.05) is 19.7 Å². The molecule has 0 aliphatic rings. The molecule has 84 valence electrons. The molecular formula is C10H22N2O2. The Morgan fingerprint density at radius 3 is 2.57 bits per heavy atom. The number of carbonyl (C=O) groups is 1. The molecule has 3 N–H and O–H groups in total. The van der Waals surface area contributed by atoms with Crippen molar-refractivity contribution in [2.24, 2.45) is 5.92 Å². The summed E-state index contributed by atoms with van der Waals surface area (Å²) < 4.78 is 0. The highest BCUT2D eigenvalue weighted by atomic mass is 16.3. The minimum Gasteiger partial charge on any atom is -0.396 e. The summed E-state index contributed by atoms with van der Waals surface area (Å²) in [4.78, 5) is 11.2. The molecule has 0 saturated heterocycles. The zero-order valence-electron chi connectivity index (χ0n) is 9.34. The maximum atomic E-state index is 11.2. The predicted octanol–water partition coefficient (Wildman–Crippen LogP) is 0.119. The van der Waals surface area contributed by atoms with Gasteiger partial charge in [0.05, 0.1) is 6.54 Å². The summed E-state index contributed by atoms with van der Waals surface area (Å²) in [5.74, 6) is 0.218. The molecule has 0 fully saturated rings. The molecule has 0 radical (unpaired) electrons. The lowest BCUT2D eigenvalue weighted by Crippen LogP contribution is -2.40. The van der Waals surface area contributed by atoms with E-state index in [0.29, 0.717) is 13.1 Å². The van der Waals surface area contributed by atoms with Crippen molar-refractivity contribution in [1.82, 2.24) is 10.6 Å². The predicted molar refractivity (Wildman–Crippen MR) is 57.0 cm³/mol. The van der Waals surface area contributed by atoms with E-state index in [4.69, 9.17) is 5.11 Å². The molecule has 14 heavy (non-hydrogen) atoms. The summed E-state index contributed by atoms with van der Waals surface area (Å²) in [7, 11) is 0. The van der Waals surface area contributed by atoms with E-state index in [2.05, 4.69) is 10.6 Å². The third-order valence-corrected chi connectivity index (χ3v) is 2.11. The van der Waals surface area contributed by atoms with Gasteiger partial charge in [0.25, 0.3) is 0 Å². The van der Waals surface area contributed by atoms with E-state index in [1.54, 1.807) is 0 Å². The Morgan fingerprint density at radius 2 is 2.07 bits per heavy atom. The smallest absolute Gasteiger partial charge is 0.234 e. The number of carbonyl (C=O) groups excluding carboxylic acids is 1. The molecule has 0 aromatic heterocycles. The lowest BCUT2D eigenvalue weighted by Gasteiger charge is -2.13. The Labute approximate surface area is 86.1 Å². The topological polar surface area (TPSA) is 61.4 Å². The van der Waals surface area contributed by atoms with Crippen LogP contribution < -0.4 is 10.6 Å². The molecule has 0 rings (SSSR count). The first-order valence-electron chi connectivity index (χ1n) is 5.21. The third-order valence-electron chi connectivity index (χ3n) is 2.11. The van der Waals surface area contributed by atoms with Crippen molar-refractivity contribution < 1.29 is 9.90 Å². The standard InChI is InChI=1S/C10H22N2O2/c1-4-9(3)12-10(14)6-11-5-8(2)7-13/h8-9,11,13H,4-7H2,1-3H3,(H,12,14). The lowest BCUT2D eigenvalue weighted by molar-refractivity contribution is -0.120. The first-order chi connectivity index (χ1) is 6.60. The Hall–Kier alpha value is -0.610. The van der Waals surface area contributed by atoms with Crippen molar-refractivity contribution in [3.05, 3.63) is 0 Å². The summed E-state index contributed by atoms with van der Waals surface area (Å²) in [6.07, 6.45) is 0.943. The van der Waals surface area contributed by atoms with Crippen LogP contribution in [-0.2, 0) is 4.79 Å². The second-order valence-corrected chi connectivity index (χ2v) is 3.80. The van der Waals surface area contributed by atoms with Crippen LogP contribution in [0.15, 0.2) is 0 Å². The first-order valence-corrected chi connectivity index (χ1v) is 5.21. The van der Waals surface area contributed by atoms with Gasteiger partial charge in [-0.3, -0.25) is 4.79 Å². The van der Waals surface area contributed by atoms with Crippen LogP contribution in [-0.4, -0.2) is 36.8 Å². The first kappa shape index (κ1) is 13.4. The highest BCUT2D eigenvalue weighted by molar-refractivity contribution is 5.78. The molecule has 0 bridgehead atoms. The van der Waals surface area contributed by atoms with Crippen molar-refractivity contribution in [3.8, 4) is 0 Å². The highest BCUT2D eigenvalue weighted by Crippen LogP contribution is 1.89. The molecular weight excluding hydrogens is 180 g/mol. The van der Waals surface area contributed by atoms with Gasteiger partial charge in [-0.05, 0) is 19.3 Å². The van der Waals surface area contributed by atoms with E-state index < -0.39 is 0 Å². The van der Waals surface area contributed by atoms with Gasteiger partial charge in [0.1, 0.15) is 0 Å².